The highest BCUT2D eigenvalue weighted by Gasteiger charge is 2.59. The van der Waals surface area contributed by atoms with E-state index in [1.165, 1.54) is 54.4 Å². The zero-order valence-corrected chi connectivity index (χ0v) is 21.3. The van der Waals surface area contributed by atoms with Crippen molar-refractivity contribution in [2.24, 2.45) is 11.3 Å². The van der Waals surface area contributed by atoms with Gasteiger partial charge >= 0.3 is 0 Å². The zero-order valence-electron chi connectivity index (χ0n) is 20.4. The van der Waals surface area contributed by atoms with Crippen LogP contribution in [0.15, 0.2) is 91.0 Å². The van der Waals surface area contributed by atoms with E-state index in [9.17, 15) is 0 Å². The lowest BCUT2D eigenvalue weighted by Crippen LogP contribution is -2.47. The molecule has 0 saturated heterocycles. The van der Waals surface area contributed by atoms with Crippen LogP contribution in [0.25, 0.3) is 0 Å². The summed E-state index contributed by atoms with van der Waals surface area (Å²) in [6.07, 6.45) is 8.27. The third-order valence-electron chi connectivity index (χ3n) is 7.94. The van der Waals surface area contributed by atoms with Crippen molar-refractivity contribution in [2.75, 3.05) is 0 Å². The van der Waals surface area contributed by atoms with Crippen molar-refractivity contribution < 1.29 is 0 Å². The molecule has 0 heterocycles. The number of rotatable bonds is 7. The van der Waals surface area contributed by atoms with Crippen LogP contribution in [0.4, 0.5) is 0 Å². The van der Waals surface area contributed by atoms with Gasteiger partial charge in [-0.25, -0.2) is 0 Å². The molecule has 0 amide bonds. The van der Waals surface area contributed by atoms with E-state index in [1.54, 1.807) is 0 Å². The van der Waals surface area contributed by atoms with E-state index >= 15 is 0 Å². The molecule has 0 radical (unpaired) electrons. The summed E-state index contributed by atoms with van der Waals surface area (Å²) in [6.45, 7) is 10.2. The summed E-state index contributed by atoms with van der Waals surface area (Å²) < 4.78 is 0. The predicted molar refractivity (Wildman–Crippen MR) is 144 cm³/mol. The molecule has 168 valence electrons. The average Bonchev–Trinajstić information content (AvgIpc) is 2.81. The molecule has 32 heavy (non-hydrogen) atoms. The van der Waals surface area contributed by atoms with E-state index in [2.05, 4.69) is 119 Å². The van der Waals surface area contributed by atoms with Crippen molar-refractivity contribution in [3.05, 3.63) is 91.0 Å². The number of hydrogen-bond donors (Lipinski definition) is 0. The Kier molecular flexibility index (Phi) is 6.92. The minimum absolute atomic E-state index is 0.123. The van der Waals surface area contributed by atoms with Crippen LogP contribution in [0.5, 0.6) is 0 Å². The summed E-state index contributed by atoms with van der Waals surface area (Å²) in [6, 6.07) is 34.2. The molecule has 1 aliphatic rings. The van der Waals surface area contributed by atoms with Gasteiger partial charge < -0.3 is 0 Å². The van der Waals surface area contributed by atoms with Gasteiger partial charge in [0, 0.05) is 0 Å². The lowest BCUT2D eigenvalue weighted by molar-refractivity contribution is 0.134. The molecule has 1 saturated carbocycles. The largest absolute Gasteiger partial charge is 0.117 e. The van der Waals surface area contributed by atoms with Gasteiger partial charge in [-0.1, -0.05) is 87.7 Å². The van der Waals surface area contributed by atoms with Crippen molar-refractivity contribution in [3.63, 3.8) is 0 Å². The summed E-state index contributed by atoms with van der Waals surface area (Å²) in [5.41, 5.74) is 0.327. The molecule has 0 spiro atoms. The normalized spacial score (nSPS) is 16.1. The lowest BCUT2D eigenvalue weighted by Gasteiger charge is -2.47. The topological polar surface area (TPSA) is 0 Å². The van der Waals surface area contributed by atoms with Crippen molar-refractivity contribution in [2.45, 2.75) is 71.4 Å². The quantitative estimate of drug-likeness (QED) is 0.327. The lowest BCUT2D eigenvalue weighted by atomic mass is 9.67. The molecule has 1 fully saturated rings. The Balaban J connectivity index is 1.92. The molecular weight excluding hydrogens is 403 g/mol. The SMILES string of the molecule is CC(C)(CC(C)(C)[P+](c1ccccc1)(c1ccccc1)c1ccccc1)C1CCCCC1. The molecular formula is C31H40P+. The summed E-state index contributed by atoms with van der Waals surface area (Å²) in [7, 11) is -1.90. The van der Waals surface area contributed by atoms with Gasteiger partial charge in [-0.2, -0.15) is 0 Å². The van der Waals surface area contributed by atoms with Crippen LogP contribution >= 0.6 is 7.26 Å². The Labute approximate surface area is 196 Å². The Hall–Kier alpha value is -1.91. The zero-order chi connectivity index (χ0) is 22.7. The van der Waals surface area contributed by atoms with Crippen molar-refractivity contribution >= 4 is 23.2 Å². The van der Waals surface area contributed by atoms with E-state index in [1.807, 2.05) is 0 Å². The first-order chi connectivity index (χ1) is 15.4. The van der Waals surface area contributed by atoms with Gasteiger partial charge in [0.05, 0.1) is 5.16 Å². The summed E-state index contributed by atoms with van der Waals surface area (Å²) in [5, 5.41) is 4.63. The Morgan fingerprint density at radius 1 is 0.594 bits per heavy atom. The molecule has 1 heteroatoms. The van der Waals surface area contributed by atoms with Crippen LogP contribution in [0, 0.1) is 11.3 Å². The summed E-state index contributed by atoms with van der Waals surface area (Å²) in [5.74, 6) is 0.833. The van der Waals surface area contributed by atoms with Gasteiger partial charge in [0.25, 0.3) is 0 Å². The molecule has 0 unspecified atom stereocenters. The van der Waals surface area contributed by atoms with E-state index in [-0.39, 0.29) is 5.16 Å². The third kappa shape index (κ3) is 4.32. The molecule has 0 aliphatic heterocycles. The van der Waals surface area contributed by atoms with Crippen LogP contribution in [0.3, 0.4) is 0 Å². The highest BCUT2D eigenvalue weighted by molar-refractivity contribution is 7.96. The van der Waals surface area contributed by atoms with Crippen LogP contribution in [0.2, 0.25) is 0 Å². The molecule has 0 atom stereocenters. The molecule has 0 bridgehead atoms. The molecule has 4 rings (SSSR count). The fourth-order valence-electron chi connectivity index (χ4n) is 6.71. The van der Waals surface area contributed by atoms with Gasteiger partial charge in [0.1, 0.15) is 23.2 Å². The average molecular weight is 444 g/mol. The Bertz CT molecular complexity index is 870. The minimum atomic E-state index is -1.90. The third-order valence-corrected chi connectivity index (χ3v) is 13.1. The fourth-order valence-corrected chi connectivity index (χ4v) is 12.2. The van der Waals surface area contributed by atoms with Crippen LogP contribution < -0.4 is 15.9 Å². The van der Waals surface area contributed by atoms with Crippen LogP contribution in [0.1, 0.15) is 66.2 Å². The molecule has 3 aromatic carbocycles. The highest BCUT2D eigenvalue weighted by atomic mass is 31.2. The summed E-state index contributed by atoms with van der Waals surface area (Å²) >= 11 is 0. The fraction of sp³-hybridized carbons (Fsp3) is 0.419. The highest BCUT2D eigenvalue weighted by Crippen LogP contribution is 2.68. The van der Waals surface area contributed by atoms with Crippen molar-refractivity contribution in [1.29, 1.82) is 0 Å². The van der Waals surface area contributed by atoms with Crippen LogP contribution in [-0.4, -0.2) is 5.16 Å². The summed E-state index contributed by atoms with van der Waals surface area (Å²) in [4.78, 5) is 0. The Morgan fingerprint density at radius 3 is 1.34 bits per heavy atom. The minimum Gasteiger partial charge on any atom is -0.0620 e. The number of hydrogen-bond acceptors (Lipinski definition) is 0. The van der Waals surface area contributed by atoms with E-state index in [0.29, 0.717) is 5.41 Å². The first kappa shape index (κ1) is 23.3. The maximum absolute atomic E-state index is 2.57. The molecule has 0 aromatic heterocycles. The van der Waals surface area contributed by atoms with Gasteiger partial charge in [-0.05, 0) is 80.8 Å². The molecule has 1 aliphatic carbocycles. The maximum Gasteiger partial charge on any atom is 0.117 e. The number of benzene rings is 3. The standard InChI is InChI=1S/C31H40P/c1-30(2,26-17-9-5-10-18-26)25-31(3,4)32(27-19-11-6-12-20-27,28-21-13-7-14-22-28)29-23-15-8-16-24-29/h6-8,11-16,19-24,26H,5,9-10,17-18,25H2,1-4H3/q+1. The van der Waals surface area contributed by atoms with E-state index < -0.39 is 7.26 Å². The second kappa shape index (κ2) is 9.52. The van der Waals surface area contributed by atoms with E-state index in [0.717, 1.165) is 5.92 Å². The maximum atomic E-state index is 2.57. The second-order valence-electron chi connectivity index (χ2n) is 11.0. The van der Waals surface area contributed by atoms with Crippen molar-refractivity contribution in [1.82, 2.24) is 0 Å². The first-order valence-electron chi connectivity index (χ1n) is 12.4. The van der Waals surface area contributed by atoms with Crippen molar-refractivity contribution in [3.8, 4) is 0 Å². The van der Waals surface area contributed by atoms with Gasteiger partial charge in [-0.3, -0.25) is 0 Å². The smallest absolute Gasteiger partial charge is 0.0620 e. The molecule has 0 nitrogen and oxygen atoms in total. The molecule has 3 aromatic rings. The van der Waals surface area contributed by atoms with Crippen LogP contribution in [-0.2, 0) is 0 Å². The van der Waals surface area contributed by atoms with E-state index in [4.69, 9.17) is 0 Å². The monoisotopic (exact) mass is 443 g/mol. The van der Waals surface area contributed by atoms with Gasteiger partial charge in [0.2, 0.25) is 0 Å². The Morgan fingerprint density at radius 2 is 0.969 bits per heavy atom. The van der Waals surface area contributed by atoms with Gasteiger partial charge in [-0.15, -0.1) is 0 Å². The first-order valence-corrected chi connectivity index (χ1v) is 14.2. The predicted octanol–water partition coefficient (Wildman–Crippen LogP) is 7.76. The molecule has 0 N–H and O–H groups in total. The second-order valence-corrected chi connectivity index (χ2v) is 15.1. The van der Waals surface area contributed by atoms with Gasteiger partial charge in [0.15, 0.2) is 0 Å².